The largest absolute Gasteiger partial charge is 0.480 e. The first-order valence-corrected chi connectivity index (χ1v) is 7.98. The molecule has 25 heavy (non-hydrogen) atoms. The third kappa shape index (κ3) is 6.45. The zero-order valence-corrected chi connectivity index (χ0v) is 15.2. The van der Waals surface area contributed by atoms with E-state index in [0.29, 0.717) is 4.90 Å². The predicted molar refractivity (Wildman–Crippen MR) is 91.0 cm³/mol. The van der Waals surface area contributed by atoms with E-state index in [0.717, 1.165) is 5.56 Å². The summed E-state index contributed by atoms with van der Waals surface area (Å²) in [5.41, 5.74) is -0.161. The molecule has 1 N–H and O–H groups in total. The van der Waals surface area contributed by atoms with Crippen LogP contribution in [0, 0.1) is 5.92 Å². The van der Waals surface area contributed by atoms with E-state index in [1.54, 1.807) is 58.9 Å². The minimum Gasteiger partial charge on any atom is -0.480 e. The highest BCUT2D eigenvalue weighted by Gasteiger charge is 2.40. The Labute approximate surface area is 147 Å². The molecule has 0 bridgehead atoms. The molecular formula is C18H25NO6. The topological polar surface area (TPSA) is 93.1 Å². The number of amides is 2. The molecule has 0 saturated carbocycles. The number of hydrogen-bond donors (Lipinski definition) is 1. The molecule has 7 nitrogen and oxygen atoms in total. The van der Waals surface area contributed by atoms with Gasteiger partial charge in [0.25, 0.3) is 0 Å². The number of aliphatic carboxylic acids is 1. The Bertz CT molecular complexity index is 606. The summed E-state index contributed by atoms with van der Waals surface area (Å²) in [6.45, 7) is 8.00. The standard InChI is InChI=1S/C18H25NO6/c1-12(2)14(15(20)21)19(17(23)25-18(3,4)5)16(22)24-11-13-9-7-6-8-10-13/h6-10,12,14H,11H2,1-5H3,(H,20,21)/t14-/m0/s1. The molecule has 7 heteroatoms. The first-order chi connectivity index (χ1) is 11.5. The van der Waals surface area contributed by atoms with Gasteiger partial charge < -0.3 is 14.6 Å². The molecular weight excluding hydrogens is 326 g/mol. The number of carboxylic acid groups (broad SMARTS) is 1. The highest BCUT2D eigenvalue weighted by Crippen LogP contribution is 2.18. The summed E-state index contributed by atoms with van der Waals surface area (Å²) in [6.07, 6.45) is -2.11. The fourth-order valence-corrected chi connectivity index (χ4v) is 2.10. The lowest BCUT2D eigenvalue weighted by Crippen LogP contribution is -2.52. The van der Waals surface area contributed by atoms with Crippen LogP contribution in [0.3, 0.4) is 0 Å². The second kappa shape index (κ2) is 8.50. The van der Waals surface area contributed by atoms with E-state index in [4.69, 9.17) is 9.47 Å². The van der Waals surface area contributed by atoms with E-state index in [2.05, 4.69) is 0 Å². The molecule has 0 unspecified atom stereocenters. The van der Waals surface area contributed by atoms with Crippen molar-refractivity contribution in [3.8, 4) is 0 Å². The van der Waals surface area contributed by atoms with Crippen molar-refractivity contribution in [3.05, 3.63) is 35.9 Å². The van der Waals surface area contributed by atoms with Crippen LogP contribution in [0.2, 0.25) is 0 Å². The van der Waals surface area contributed by atoms with Crippen molar-refractivity contribution in [2.45, 2.75) is 52.9 Å². The van der Waals surface area contributed by atoms with Crippen molar-refractivity contribution in [1.82, 2.24) is 4.90 Å². The lowest BCUT2D eigenvalue weighted by Gasteiger charge is -2.31. The highest BCUT2D eigenvalue weighted by atomic mass is 16.6. The lowest BCUT2D eigenvalue weighted by atomic mass is 10.0. The number of carbonyl (C=O) groups excluding carboxylic acids is 2. The number of carbonyl (C=O) groups is 3. The number of nitrogens with zero attached hydrogens (tertiary/aromatic N) is 1. The Morgan fingerprint density at radius 3 is 2.08 bits per heavy atom. The van der Waals surface area contributed by atoms with E-state index < -0.39 is 35.7 Å². The van der Waals surface area contributed by atoms with Gasteiger partial charge in [0.2, 0.25) is 0 Å². The average Bonchev–Trinajstić information content (AvgIpc) is 2.48. The molecule has 0 fully saturated rings. The summed E-state index contributed by atoms with van der Waals surface area (Å²) in [5, 5.41) is 9.44. The van der Waals surface area contributed by atoms with Crippen molar-refractivity contribution >= 4 is 18.2 Å². The Balaban J connectivity index is 3.01. The van der Waals surface area contributed by atoms with Crippen LogP contribution in [0.25, 0.3) is 0 Å². The molecule has 1 rings (SSSR count). The predicted octanol–water partition coefficient (Wildman–Crippen LogP) is 3.67. The van der Waals surface area contributed by atoms with Crippen LogP contribution in [-0.4, -0.2) is 39.8 Å². The Kier molecular flexibility index (Phi) is 6.97. The zero-order chi connectivity index (χ0) is 19.2. The smallest absolute Gasteiger partial charge is 0.420 e. The number of imide groups is 1. The van der Waals surface area contributed by atoms with Gasteiger partial charge >= 0.3 is 18.2 Å². The van der Waals surface area contributed by atoms with Crippen LogP contribution in [0.15, 0.2) is 30.3 Å². The number of ether oxygens (including phenoxy) is 2. The third-order valence-corrected chi connectivity index (χ3v) is 3.15. The molecule has 0 aliphatic rings. The third-order valence-electron chi connectivity index (χ3n) is 3.15. The zero-order valence-electron chi connectivity index (χ0n) is 15.2. The molecule has 0 aliphatic heterocycles. The summed E-state index contributed by atoms with van der Waals surface area (Å²) in [6, 6.07) is 7.49. The van der Waals surface area contributed by atoms with Gasteiger partial charge in [0.05, 0.1) is 0 Å². The fraction of sp³-hybridized carbons (Fsp3) is 0.500. The number of hydrogen-bond acceptors (Lipinski definition) is 5. The normalized spacial score (nSPS) is 12.4. The van der Waals surface area contributed by atoms with Gasteiger partial charge in [-0.1, -0.05) is 44.2 Å². The van der Waals surface area contributed by atoms with Crippen LogP contribution >= 0.6 is 0 Å². The number of benzene rings is 1. The minimum atomic E-state index is -1.39. The lowest BCUT2D eigenvalue weighted by molar-refractivity contribution is -0.144. The van der Waals surface area contributed by atoms with Crippen LogP contribution in [0.5, 0.6) is 0 Å². The van der Waals surface area contributed by atoms with Gasteiger partial charge in [0.15, 0.2) is 0 Å². The quantitative estimate of drug-likeness (QED) is 0.870. The van der Waals surface area contributed by atoms with Crippen LogP contribution < -0.4 is 0 Å². The minimum absolute atomic E-state index is 0.0800. The van der Waals surface area contributed by atoms with Crippen LogP contribution in [0.1, 0.15) is 40.2 Å². The van der Waals surface area contributed by atoms with Crippen LogP contribution in [0.4, 0.5) is 9.59 Å². The Hall–Kier alpha value is -2.57. The molecule has 1 aromatic rings. The Morgan fingerprint density at radius 2 is 1.64 bits per heavy atom. The van der Waals surface area contributed by atoms with E-state index in [1.807, 2.05) is 6.07 Å². The molecule has 1 aromatic carbocycles. The molecule has 1 atom stereocenters. The first-order valence-electron chi connectivity index (χ1n) is 7.98. The van der Waals surface area contributed by atoms with E-state index in [-0.39, 0.29) is 6.61 Å². The van der Waals surface area contributed by atoms with E-state index in [1.165, 1.54) is 0 Å². The molecule has 138 valence electrons. The van der Waals surface area contributed by atoms with Gasteiger partial charge in [0.1, 0.15) is 18.2 Å². The number of carboxylic acids is 1. The summed E-state index contributed by atoms with van der Waals surface area (Å²) in [5.74, 6) is -1.83. The van der Waals surface area contributed by atoms with Gasteiger partial charge in [-0.25, -0.2) is 14.4 Å². The highest BCUT2D eigenvalue weighted by molar-refractivity contribution is 5.93. The van der Waals surface area contributed by atoms with E-state index in [9.17, 15) is 19.5 Å². The van der Waals surface area contributed by atoms with Crippen molar-refractivity contribution in [1.29, 1.82) is 0 Å². The van der Waals surface area contributed by atoms with Gasteiger partial charge in [0, 0.05) is 0 Å². The maximum atomic E-state index is 12.4. The van der Waals surface area contributed by atoms with Crippen molar-refractivity contribution in [2.24, 2.45) is 5.92 Å². The molecule has 2 amide bonds. The molecule has 0 spiro atoms. The van der Waals surface area contributed by atoms with E-state index >= 15 is 0 Å². The van der Waals surface area contributed by atoms with Gasteiger partial charge in [-0.05, 0) is 32.3 Å². The summed E-state index contributed by atoms with van der Waals surface area (Å²) in [7, 11) is 0. The van der Waals surface area contributed by atoms with Gasteiger partial charge in [-0.15, -0.1) is 0 Å². The average molecular weight is 351 g/mol. The monoisotopic (exact) mass is 351 g/mol. The Morgan fingerprint density at radius 1 is 1.08 bits per heavy atom. The fourth-order valence-electron chi connectivity index (χ4n) is 2.10. The second-order valence-electron chi connectivity index (χ2n) is 6.92. The summed E-state index contributed by atoms with van der Waals surface area (Å²) in [4.78, 5) is 36.9. The van der Waals surface area contributed by atoms with Gasteiger partial charge in [-0.2, -0.15) is 4.90 Å². The maximum absolute atomic E-state index is 12.4. The first kappa shape index (κ1) is 20.5. The van der Waals surface area contributed by atoms with Gasteiger partial charge in [-0.3, -0.25) is 0 Å². The second-order valence-corrected chi connectivity index (χ2v) is 6.92. The molecule has 0 aliphatic carbocycles. The maximum Gasteiger partial charge on any atom is 0.420 e. The van der Waals surface area contributed by atoms with Crippen molar-refractivity contribution < 1.29 is 29.0 Å². The molecule has 0 heterocycles. The number of rotatable bonds is 5. The van der Waals surface area contributed by atoms with Crippen LogP contribution in [-0.2, 0) is 20.9 Å². The SMILES string of the molecule is CC(C)[C@@H](C(=O)O)N(C(=O)OCc1ccccc1)C(=O)OC(C)(C)C. The molecule has 0 saturated heterocycles. The summed E-state index contributed by atoms with van der Waals surface area (Å²) >= 11 is 0. The summed E-state index contributed by atoms with van der Waals surface area (Å²) < 4.78 is 10.3. The van der Waals surface area contributed by atoms with Crippen molar-refractivity contribution in [2.75, 3.05) is 0 Å². The molecule has 0 radical (unpaired) electrons. The van der Waals surface area contributed by atoms with Crippen molar-refractivity contribution in [3.63, 3.8) is 0 Å². The molecule has 0 aromatic heterocycles.